The molecule has 0 aromatic carbocycles. The molecule has 0 bridgehead atoms. The van der Waals surface area contributed by atoms with Gasteiger partial charge < -0.3 is 19.3 Å². The van der Waals surface area contributed by atoms with Crippen LogP contribution in [0.2, 0.25) is 0 Å². The molecule has 298 valence electrons. The Hall–Kier alpha value is -2.12. The van der Waals surface area contributed by atoms with Gasteiger partial charge in [-0.05, 0) is 32.1 Å². The number of ether oxygens (including phenoxy) is 3. The normalized spacial score (nSPS) is 18.7. The third-order valence-electron chi connectivity index (χ3n) is 10.7. The van der Waals surface area contributed by atoms with Crippen LogP contribution < -0.4 is 0 Å². The molecule has 1 saturated carbocycles. The van der Waals surface area contributed by atoms with Crippen molar-refractivity contribution in [1.82, 2.24) is 0 Å². The number of carbonyl (C=O) groups is 4. The van der Waals surface area contributed by atoms with E-state index in [2.05, 4.69) is 20.8 Å². The largest absolute Gasteiger partial charge is 0.481 e. The number of rotatable bonds is 34. The second-order valence-corrected chi connectivity index (χ2v) is 15.2. The van der Waals surface area contributed by atoms with Gasteiger partial charge in [-0.3, -0.25) is 19.2 Å². The van der Waals surface area contributed by atoms with Crippen LogP contribution in [0.1, 0.15) is 207 Å². The Kier molecular flexibility index (Phi) is 29.9. The van der Waals surface area contributed by atoms with Crippen LogP contribution in [0.25, 0.3) is 0 Å². The summed E-state index contributed by atoms with van der Waals surface area (Å²) < 4.78 is 16.9. The van der Waals surface area contributed by atoms with E-state index in [0.29, 0.717) is 0 Å². The number of carbonyl (C=O) groups excluding carboxylic acids is 3. The van der Waals surface area contributed by atoms with E-state index < -0.39 is 47.5 Å². The van der Waals surface area contributed by atoms with E-state index in [4.69, 9.17) is 14.2 Å². The van der Waals surface area contributed by atoms with Gasteiger partial charge in [0.2, 0.25) is 0 Å². The van der Waals surface area contributed by atoms with Crippen LogP contribution in [0, 0.1) is 23.7 Å². The molecule has 0 saturated heterocycles. The van der Waals surface area contributed by atoms with Crippen molar-refractivity contribution in [1.29, 1.82) is 0 Å². The first-order valence-electron chi connectivity index (χ1n) is 21.6. The van der Waals surface area contributed by atoms with Crippen LogP contribution in [0.5, 0.6) is 0 Å². The molecule has 0 aromatic rings. The van der Waals surface area contributed by atoms with Crippen LogP contribution in [-0.4, -0.2) is 48.8 Å². The molecule has 1 aliphatic carbocycles. The number of carboxylic acid groups (broad SMARTS) is 1. The highest BCUT2D eigenvalue weighted by atomic mass is 16.5. The molecule has 0 spiro atoms. The molecule has 1 fully saturated rings. The van der Waals surface area contributed by atoms with Crippen molar-refractivity contribution >= 4 is 23.9 Å². The zero-order valence-corrected chi connectivity index (χ0v) is 33.2. The lowest BCUT2D eigenvalue weighted by Gasteiger charge is -2.36. The summed E-state index contributed by atoms with van der Waals surface area (Å²) in [6.45, 7) is 7.37. The van der Waals surface area contributed by atoms with Crippen LogP contribution in [-0.2, 0) is 33.4 Å². The third kappa shape index (κ3) is 23.2. The summed E-state index contributed by atoms with van der Waals surface area (Å²) in [6.07, 6.45) is 30.5. The number of carboxylic acids is 1. The standard InChI is InChI=1S/C43H78O8/c1-4-7-10-13-16-19-22-25-28-31-49-41(46)37-35-39(43(48)51-33-30-27-24-21-18-15-12-9-6-3)38(34-36(37)40(44)45)42(47)50-32-29-26-23-20-17-14-11-8-5-2/h36-39H,4-35H2,1-3H3,(H,44,45). The molecule has 1 rings (SSSR count). The Balaban J connectivity index is 2.68. The van der Waals surface area contributed by atoms with Crippen molar-refractivity contribution < 1.29 is 38.5 Å². The fourth-order valence-electron chi connectivity index (χ4n) is 7.34. The summed E-state index contributed by atoms with van der Waals surface area (Å²) in [5.74, 6) is -6.87. The van der Waals surface area contributed by atoms with E-state index in [-0.39, 0.29) is 32.7 Å². The molecule has 8 heteroatoms. The molecule has 1 aliphatic rings. The number of esters is 3. The van der Waals surface area contributed by atoms with Crippen molar-refractivity contribution in [3.05, 3.63) is 0 Å². The maximum Gasteiger partial charge on any atom is 0.309 e. The van der Waals surface area contributed by atoms with Gasteiger partial charge in [-0.1, -0.05) is 175 Å². The van der Waals surface area contributed by atoms with Gasteiger partial charge in [0.15, 0.2) is 0 Å². The first-order chi connectivity index (χ1) is 24.9. The predicted molar refractivity (Wildman–Crippen MR) is 205 cm³/mol. The monoisotopic (exact) mass is 723 g/mol. The minimum atomic E-state index is -1.15. The Labute approximate surface area is 312 Å². The van der Waals surface area contributed by atoms with E-state index >= 15 is 0 Å². The molecule has 1 N–H and O–H groups in total. The Morgan fingerprint density at radius 3 is 0.843 bits per heavy atom. The van der Waals surface area contributed by atoms with Crippen molar-refractivity contribution in [3.63, 3.8) is 0 Å². The van der Waals surface area contributed by atoms with Gasteiger partial charge in [-0.2, -0.15) is 0 Å². The summed E-state index contributed by atoms with van der Waals surface area (Å²) in [7, 11) is 0. The fourth-order valence-corrected chi connectivity index (χ4v) is 7.34. The van der Waals surface area contributed by atoms with Crippen molar-refractivity contribution in [3.8, 4) is 0 Å². The van der Waals surface area contributed by atoms with E-state index in [1.165, 1.54) is 116 Å². The van der Waals surface area contributed by atoms with Crippen molar-refractivity contribution in [2.45, 2.75) is 207 Å². The zero-order valence-electron chi connectivity index (χ0n) is 33.2. The van der Waals surface area contributed by atoms with E-state index in [1.807, 2.05) is 0 Å². The third-order valence-corrected chi connectivity index (χ3v) is 10.7. The lowest BCUT2D eigenvalue weighted by Crippen LogP contribution is -2.46. The molecule has 8 nitrogen and oxygen atoms in total. The molecule has 51 heavy (non-hydrogen) atoms. The molecule has 4 unspecified atom stereocenters. The van der Waals surface area contributed by atoms with Gasteiger partial charge in [-0.25, -0.2) is 0 Å². The Morgan fingerprint density at radius 2 is 0.588 bits per heavy atom. The molecule has 0 amide bonds. The first-order valence-corrected chi connectivity index (χ1v) is 21.6. The summed E-state index contributed by atoms with van der Waals surface area (Å²) in [4.78, 5) is 52.5. The highest BCUT2D eigenvalue weighted by Gasteiger charge is 2.50. The summed E-state index contributed by atoms with van der Waals surface area (Å²) in [5, 5.41) is 10.1. The van der Waals surface area contributed by atoms with Crippen LogP contribution in [0.3, 0.4) is 0 Å². The lowest BCUT2D eigenvalue weighted by molar-refractivity contribution is -0.174. The van der Waals surface area contributed by atoms with Gasteiger partial charge in [-0.15, -0.1) is 0 Å². The molecule has 0 radical (unpaired) electrons. The van der Waals surface area contributed by atoms with Gasteiger partial charge in [0.05, 0.1) is 43.5 Å². The van der Waals surface area contributed by atoms with E-state index in [0.717, 1.165) is 57.8 Å². The quantitative estimate of drug-likeness (QED) is 0.0396. The minimum absolute atomic E-state index is 0.0814. The number of hydrogen-bond acceptors (Lipinski definition) is 7. The molecular weight excluding hydrogens is 644 g/mol. The SMILES string of the molecule is CCCCCCCCCCCOC(=O)C1CC(C(=O)OCCCCCCCCCCC)C(C(=O)OCCCCCCCCCCC)CC1C(=O)O. The zero-order chi connectivity index (χ0) is 37.4. The van der Waals surface area contributed by atoms with Crippen LogP contribution in [0.4, 0.5) is 0 Å². The maximum absolute atomic E-state index is 13.4. The van der Waals surface area contributed by atoms with Gasteiger partial charge in [0.1, 0.15) is 0 Å². The van der Waals surface area contributed by atoms with Crippen molar-refractivity contribution in [2.75, 3.05) is 19.8 Å². The second-order valence-electron chi connectivity index (χ2n) is 15.2. The van der Waals surface area contributed by atoms with E-state index in [1.54, 1.807) is 0 Å². The lowest BCUT2D eigenvalue weighted by atomic mass is 9.68. The van der Waals surface area contributed by atoms with Crippen molar-refractivity contribution in [2.24, 2.45) is 23.7 Å². The highest BCUT2D eigenvalue weighted by Crippen LogP contribution is 2.40. The number of unbranched alkanes of at least 4 members (excludes halogenated alkanes) is 24. The minimum Gasteiger partial charge on any atom is -0.481 e. The summed E-state index contributed by atoms with van der Waals surface area (Å²) in [5.41, 5.74) is 0. The van der Waals surface area contributed by atoms with Gasteiger partial charge in [0.25, 0.3) is 0 Å². The van der Waals surface area contributed by atoms with Crippen LogP contribution >= 0.6 is 0 Å². The second kappa shape index (κ2) is 32.5. The molecule has 0 aromatic heterocycles. The summed E-state index contributed by atoms with van der Waals surface area (Å²) in [6, 6.07) is 0. The smallest absolute Gasteiger partial charge is 0.309 e. The Bertz CT molecular complexity index is 889. The molecule has 4 atom stereocenters. The molecule has 0 aliphatic heterocycles. The average molecular weight is 723 g/mol. The first kappa shape index (κ1) is 46.9. The molecule has 0 heterocycles. The van der Waals surface area contributed by atoms with Gasteiger partial charge >= 0.3 is 23.9 Å². The topological polar surface area (TPSA) is 116 Å². The molecular formula is C43H78O8. The fraction of sp³-hybridized carbons (Fsp3) is 0.907. The average Bonchev–Trinajstić information content (AvgIpc) is 3.13. The number of aliphatic carboxylic acids is 1. The maximum atomic E-state index is 13.4. The number of hydrogen-bond donors (Lipinski definition) is 1. The highest BCUT2D eigenvalue weighted by molar-refractivity contribution is 5.87. The van der Waals surface area contributed by atoms with Gasteiger partial charge in [0, 0.05) is 0 Å². The van der Waals surface area contributed by atoms with Crippen LogP contribution in [0.15, 0.2) is 0 Å². The predicted octanol–water partition coefficient (Wildman–Crippen LogP) is 11.6. The Morgan fingerprint density at radius 1 is 0.373 bits per heavy atom. The van der Waals surface area contributed by atoms with E-state index in [9.17, 15) is 24.3 Å². The summed E-state index contributed by atoms with van der Waals surface area (Å²) >= 11 is 0.